The van der Waals surface area contributed by atoms with Crippen LogP contribution in [0.15, 0.2) is 24.3 Å². The molecule has 1 atom stereocenters. The molecule has 0 saturated carbocycles. The van der Waals surface area contributed by atoms with E-state index in [-0.39, 0.29) is 6.42 Å². The third-order valence-corrected chi connectivity index (χ3v) is 3.41. The number of rotatable bonds is 2. The van der Waals surface area contributed by atoms with Crippen molar-refractivity contribution >= 4 is 12.1 Å². The van der Waals surface area contributed by atoms with Crippen molar-refractivity contribution in [3.05, 3.63) is 35.4 Å². The van der Waals surface area contributed by atoms with E-state index in [0.29, 0.717) is 13.0 Å². The highest BCUT2D eigenvalue weighted by molar-refractivity contribution is 5.73. The highest BCUT2D eigenvalue weighted by Crippen LogP contribution is 2.33. The number of aliphatic carboxylic acids is 1. The summed E-state index contributed by atoms with van der Waals surface area (Å²) in [4.78, 5) is 25.0. The van der Waals surface area contributed by atoms with E-state index in [1.807, 2.05) is 38.1 Å². The van der Waals surface area contributed by atoms with Crippen LogP contribution < -0.4 is 0 Å². The fourth-order valence-corrected chi connectivity index (χ4v) is 2.58. The van der Waals surface area contributed by atoms with Gasteiger partial charge in [0.1, 0.15) is 5.60 Å². The molecule has 0 spiro atoms. The van der Waals surface area contributed by atoms with Crippen molar-refractivity contribution in [3.63, 3.8) is 0 Å². The summed E-state index contributed by atoms with van der Waals surface area (Å²) >= 11 is 0. The predicted octanol–water partition coefficient (Wildman–Crippen LogP) is 4.02. The van der Waals surface area contributed by atoms with Gasteiger partial charge in [-0.1, -0.05) is 38.1 Å². The Hall–Kier alpha value is -2.04. The monoisotopic (exact) mass is 321 g/mol. The quantitative estimate of drug-likeness (QED) is 0.893. The van der Waals surface area contributed by atoms with Crippen LogP contribution in [0.1, 0.15) is 58.2 Å². The van der Waals surface area contributed by atoms with Crippen molar-refractivity contribution in [3.8, 4) is 0 Å². The summed E-state index contributed by atoms with van der Waals surface area (Å²) < 4.78 is 5.40. The van der Waals surface area contributed by atoms with Gasteiger partial charge in [0.25, 0.3) is 0 Å². The molecule has 1 heterocycles. The molecule has 0 saturated heterocycles. The average Bonchev–Trinajstić information content (AvgIpc) is 2.47. The standard InChI is InChI=1S/C16H21NO4.C2H6/c1-16(2,3)21-15(20)17-9-8-11-6-4-5-7-12(11)13(17)10-14(18)19;1-2/h4-7,13H,8-10H2,1-3H3,(H,18,19);1-2H3. The van der Waals surface area contributed by atoms with Crippen LogP contribution in [0.5, 0.6) is 0 Å². The lowest BCUT2D eigenvalue weighted by atomic mass is 9.91. The van der Waals surface area contributed by atoms with E-state index < -0.39 is 23.7 Å². The van der Waals surface area contributed by atoms with Gasteiger partial charge in [0, 0.05) is 6.54 Å². The van der Waals surface area contributed by atoms with Crippen molar-refractivity contribution in [1.29, 1.82) is 0 Å². The molecule has 0 aromatic heterocycles. The summed E-state index contributed by atoms with van der Waals surface area (Å²) in [5.74, 6) is -0.926. The highest BCUT2D eigenvalue weighted by atomic mass is 16.6. The number of fused-ring (bicyclic) bond motifs is 1. The minimum atomic E-state index is -0.926. The van der Waals surface area contributed by atoms with Crippen LogP contribution in [0, 0.1) is 0 Å². The molecule has 128 valence electrons. The summed E-state index contributed by atoms with van der Waals surface area (Å²) in [5, 5.41) is 9.14. The van der Waals surface area contributed by atoms with Gasteiger partial charge in [0.2, 0.25) is 0 Å². The molecule has 1 unspecified atom stereocenters. The third kappa shape index (κ3) is 5.27. The fraction of sp³-hybridized carbons (Fsp3) is 0.556. The number of amides is 1. The number of ether oxygens (including phenoxy) is 1. The second kappa shape index (κ2) is 7.99. The smallest absolute Gasteiger partial charge is 0.410 e. The average molecular weight is 321 g/mol. The van der Waals surface area contributed by atoms with Crippen LogP contribution in [0.2, 0.25) is 0 Å². The normalized spacial score (nSPS) is 16.7. The molecule has 1 N–H and O–H groups in total. The summed E-state index contributed by atoms with van der Waals surface area (Å²) in [6.45, 7) is 9.88. The number of nitrogens with zero attached hydrogens (tertiary/aromatic N) is 1. The molecule has 2 rings (SSSR count). The summed E-state index contributed by atoms with van der Waals surface area (Å²) in [7, 11) is 0. The molecule has 1 aromatic rings. The lowest BCUT2D eigenvalue weighted by Gasteiger charge is -2.37. The Morgan fingerprint density at radius 3 is 2.43 bits per heavy atom. The number of hydrogen-bond acceptors (Lipinski definition) is 3. The van der Waals surface area contributed by atoms with Gasteiger partial charge >= 0.3 is 12.1 Å². The minimum absolute atomic E-state index is 0.115. The van der Waals surface area contributed by atoms with Crippen molar-refractivity contribution in [2.75, 3.05) is 6.54 Å². The zero-order valence-corrected chi connectivity index (χ0v) is 14.6. The molecular formula is C18H27NO4. The van der Waals surface area contributed by atoms with Gasteiger partial charge < -0.3 is 14.7 Å². The predicted molar refractivity (Wildman–Crippen MR) is 89.4 cm³/mol. The van der Waals surface area contributed by atoms with Crippen LogP contribution in [0.4, 0.5) is 4.79 Å². The SMILES string of the molecule is CC.CC(C)(C)OC(=O)N1CCc2ccccc2C1CC(=O)O. The molecule has 1 aliphatic rings. The van der Waals surface area contributed by atoms with E-state index in [9.17, 15) is 9.59 Å². The Labute approximate surface area is 138 Å². The van der Waals surface area contributed by atoms with E-state index in [0.717, 1.165) is 11.1 Å². The summed E-state index contributed by atoms with van der Waals surface area (Å²) in [5.41, 5.74) is 1.41. The maximum Gasteiger partial charge on any atom is 0.410 e. The largest absolute Gasteiger partial charge is 0.481 e. The number of carbonyl (C=O) groups is 2. The molecule has 1 aliphatic heterocycles. The van der Waals surface area contributed by atoms with Crippen LogP contribution in [-0.4, -0.2) is 34.2 Å². The van der Waals surface area contributed by atoms with Gasteiger partial charge in [-0.3, -0.25) is 4.79 Å². The first-order chi connectivity index (χ1) is 10.8. The Kier molecular flexibility index (Phi) is 6.61. The molecule has 1 aromatic carbocycles. The van der Waals surface area contributed by atoms with Gasteiger partial charge in [-0.05, 0) is 38.3 Å². The van der Waals surface area contributed by atoms with E-state index >= 15 is 0 Å². The Balaban J connectivity index is 0.00000127. The molecular weight excluding hydrogens is 294 g/mol. The summed E-state index contributed by atoms with van der Waals surface area (Å²) in [6, 6.07) is 7.20. The van der Waals surface area contributed by atoms with Crippen molar-refractivity contribution in [2.24, 2.45) is 0 Å². The maximum absolute atomic E-state index is 12.3. The molecule has 5 heteroatoms. The van der Waals surface area contributed by atoms with Crippen LogP contribution >= 0.6 is 0 Å². The van der Waals surface area contributed by atoms with Gasteiger partial charge in [-0.15, -0.1) is 0 Å². The molecule has 0 aliphatic carbocycles. The second-order valence-electron chi connectivity index (χ2n) is 6.24. The second-order valence-corrected chi connectivity index (χ2v) is 6.24. The first-order valence-corrected chi connectivity index (χ1v) is 8.07. The van der Waals surface area contributed by atoms with Gasteiger partial charge in [0.15, 0.2) is 0 Å². The molecule has 23 heavy (non-hydrogen) atoms. The number of hydrogen-bond donors (Lipinski definition) is 1. The van der Waals surface area contributed by atoms with Gasteiger partial charge in [-0.25, -0.2) is 4.79 Å². The lowest BCUT2D eigenvalue weighted by Crippen LogP contribution is -2.43. The Bertz CT molecular complexity index is 548. The molecule has 0 radical (unpaired) electrons. The zero-order chi connectivity index (χ0) is 17.6. The van der Waals surface area contributed by atoms with Gasteiger partial charge in [0.05, 0.1) is 12.5 Å². The number of carboxylic acids is 1. The topological polar surface area (TPSA) is 66.8 Å². The Morgan fingerprint density at radius 1 is 1.26 bits per heavy atom. The number of benzene rings is 1. The number of carbonyl (C=O) groups excluding carboxylic acids is 1. The van der Waals surface area contributed by atoms with Crippen molar-refractivity contribution in [1.82, 2.24) is 4.90 Å². The maximum atomic E-state index is 12.3. The first-order valence-electron chi connectivity index (χ1n) is 8.07. The van der Waals surface area contributed by atoms with Gasteiger partial charge in [-0.2, -0.15) is 0 Å². The molecule has 5 nitrogen and oxygen atoms in total. The van der Waals surface area contributed by atoms with Crippen LogP contribution in [0.3, 0.4) is 0 Å². The van der Waals surface area contributed by atoms with Crippen LogP contribution in [-0.2, 0) is 16.0 Å². The molecule has 1 amide bonds. The first kappa shape index (κ1) is 19.0. The molecule has 0 bridgehead atoms. The number of carboxylic acid groups (broad SMARTS) is 1. The molecule has 0 fully saturated rings. The van der Waals surface area contributed by atoms with Crippen molar-refractivity contribution in [2.45, 2.75) is 59.1 Å². The Morgan fingerprint density at radius 2 is 1.87 bits per heavy atom. The highest BCUT2D eigenvalue weighted by Gasteiger charge is 2.34. The van der Waals surface area contributed by atoms with Crippen LogP contribution in [0.25, 0.3) is 0 Å². The van der Waals surface area contributed by atoms with E-state index in [1.54, 1.807) is 20.8 Å². The third-order valence-electron chi connectivity index (χ3n) is 3.41. The lowest BCUT2D eigenvalue weighted by molar-refractivity contribution is -0.138. The fourth-order valence-electron chi connectivity index (χ4n) is 2.58. The minimum Gasteiger partial charge on any atom is -0.481 e. The van der Waals surface area contributed by atoms with E-state index in [4.69, 9.17) is 9.84 Å². The zero-order valence-electron chi connectivity index (χ0n) is 14.6. The van der Waals surface area contributed by atoms with Crippen molar-refractivity contribution < 1.29 is 19.4 Å². The van der Waals surface area contributed by atoms with E-state index in [2.05, 4.69) is 0 Å². The summed E-state index contributed by atoms with van der Waals surface area (Å²) in [6.07, 6.45) is 0.144. The van der Waals surface area contributed by atoms with E-state index in [1.165, 1.54) is 4.90 Å².